The van der Waals surface area contributed by atoms with Crippen molar-refractivity contribution in [3.63, 3.8) is 0 Å². The second-order valence-electron chi connectivity index (χ2n) is 5.86. The smallest absolute Gasteiger partial charge is 0.317 e. The van der Waals surface area contributed by atoms with Gasteiger partial charge in [-0.05, 0) is 12.8 Å². The molecule has 0 aliphatic carbocycles. The third-order valence-electron chi connectivity index (χ3n) is 3.93. The second kappa shape index (κ2) is 12.3. The van der Waals surface area contributed by atoms with Gasteiger partial charge in [0.15, 0.2) is 11.8 Å². The Bertz CT molecular complexity index is 364. The predicted octanol–water partition coefficient (Wildman–Crippen LogP) is 2.46. The highest BCUT2D eigenvalue weighted by atomic mass is 16.4. The first kappa shape index (κ1) is 21.9. The van der Waals surface area contributed by atoms with E-state index < -0.39 is 35.7 Å². The fourth-order valence-corrected chi connectivity index (χ4v) is 2.46. The van der Waals surface area contributed by atoms with Gasteiger partial charge in [-0.3, -0.25) is 19.2 Å². The van der Waals surface area contributed by atoms with Gasteiger partial charge in [-0.1, -0.05) is 51.4 Å². The molecule has 0 spiro atoms. The van der Waals surface area contributed by atoms with Crippen LogP contribution < -0.4 is 0 Å². The van der Waals surface area contributed by atoms with Gasteiger partial charge in [-0.2, -0.15) is 0 Å². The van der Waals surface area contributed by atoms with E-state index in [4.69, 9.17) is 20.4 Å². The van der Waals surface area contributed by atoms with Crippen molar-refractivity contribution < 1.29 is 39.6 Å². The Morgan fingerprint density at radius 3 is 0.875 bits per heavy atom. The maximum Gasteiger partial charge on any atom is 0.317 e. The summed E-state index contributed by atoms with van der Waals surface area (Å²) in [7, 11) is 0. The summed E-state index contributed by atoms with van der Waals surface area (Å²) in [6.07, 6.45) is 6.58. The van der Waals surface area contributed by atoms with Crippen LogP contribution in [0.4, 0.5) is 0 Å². The highest BCUT2D eigenvalue weighted by Crippen LogP contribution is 2.16. The second-order valence-corrected chi connectivity index (χ2v) is 5.86. The first-order valence-electron chi connectivity index (χ1n) is 8.18. The molecule has 0 amide bonds. The van der Waals surface area contributed by atoms with Crippen LogP contribution in [0.3, 0.4) is 0 Å². The van der Waals surface area contributed by atoms with E-state index in [1.807, 2.05) is 0 Å². The molecule has 0 saturated carbocycles. The highest BCUT2D eigenvalue weighted by Gasteiger charge is 2.25. The van der Waals surface area contributed by atoms with Gasteiger partial charge < -0.3 is 20.4 Å². The molecule has 8 nitrogen and oxygen atoms in total. The van der Waals surface area contributed by atoms with Crippen molar-refractivity contribution in [2.24, 2.45) is 11.8 Å². The van der Waals surface area contributed by atoms with Crippen molar-refractivity contribution in [2.45, 2.75) is 64.2 Å². The average Bonchev–Trinajstić information content (AvgIpc) is 2.46. The van der Waals surface area contributed by atoms with Crippen LogP contribution in [0.25, 0.3) is 0 Å². The largest absolute Gasteiger partial charge is 0.481 e. The van der Waals surface area contributed by atoms with E-state index in [-0.39, 0.29) is 12.8 Å². The molecule has 138 valence electrons. The van der Waals surface area contributed by atoms with Gasteiger partial charge >= 0.3 is 23.9 Å². The Labute approximate surface area is 140 Å². The molecule has 0 aromatic rings. The van der Waals surface area contributed by atoms with Gasteiger partial charge in [-0.25, -0.2) is 0 Å². The molecule has 0 heterocycles. The number of aliphatic carboxylic acids is 4. The minimum atomic E-state index is -1.33. The van der Waals surface area contributed by atoms with Gasteiger partial charge in [0.2, 0.25) is 0 Å². The van der Waals surface area contributed by atoms with Crippen molar-refractivity contribution in [1.29, 1.82) is 0 Å². The van der Waals surface area contributed by atoms with Crippen molar-refractivity contribution in [1.82, 2.24) is 0 Å². The molecule has 0 saturated heterocycles. The fourth-order valence-electron chi connectivity index (χ4n) is 2.46. The molecule has 0 aliphatic rings. The Balaban J connectivity index is 3.58. The molecule has 0 unspecified atom stereocenters. The topological polar surface area (TPSA) is 149 Å². The molecule has 0 aromatic heterocycles. The summed E-state index contributed by atoms with van der Waals surface area (Å²) < 4.78 is 0. The number of rotatable bonds is 15. The lowest BCUT2D eigenvalue weighted by molar-refractivity contribution is -0.156. The normalized spacial score (nSPS) is 10.9. The minimum Gasteiger partial charge on any atom is -0.481 e. The summed E-state index contributed by atoms with van der Waals surface area (Å²) in [6.45, 7) is 0. The standard InChI is InChI=1S/C16H26O8/c17-13(18)11(14(19)20)9-7-5-3-1-2-4-6-8-10-12(15(21)22)16(23)24/h11-12H,1-10H2,(H,17,18)(H,19,20)(H,21,22)(H,23,24). The summed E-state index contributed by atoms with van der Waals surface area (Å²) in [5.74, 6) is -7.87. The summed E-state index contributed by atoms with van der Waals surface area (Å²) in [4.78, 5) is 42.7. The van der Waals surface area contributed by atoms with E-state index in [9.17, 15) is 19.2 Å². The zero-order chi connectivity index (χ0) is 18.5. The lowest BCUT2D eigenvalue weighted by Gasteiger charge is -2.07. The summed E-state index contributed by atoms with van der Waals surface area (Å²) in [5.41, 5.74) is 0. The molecule has 0 atom stereocenters. The lowest BCUT2D eigenvalue weighted by atomic mass is 9.99. The van der Waals surface area contributed by atoms with E-state index in [1.165, 1.54) is 0 Å². The Morgan fingerprint density at radius 1 is 0.458 bits per heavy atom. The number of carbonyl (C=O) groups is 4. The van der Waals surface area contributed by atoms with Crippen LogP contribution in [0, 0.1) is 11.8 Å². The summed E-state index contributed by atoms with van der Waals surface area (Å²) in [5, 5.41) is 34.9. The number of hydrogen-bond acceptors (Lipinski definition) is 4. The molecule has 0 fully saturated rings. The average molecular weight is 346 g/mol. The van der Waals surface area contributed by atoms with Gasteiger partial charge in [0.25, 0.3) is 0 Å². The molecular weight excluding hydrogens is 320 g/mol. The molecule has 0 rings (SSSR count). The van der Waals surface area contributed by atoms with Crippen molar-refractivity contribution in [3.8, 4) is 0 Å². The maximum absolute atomic E-state index is 10.7. The Hall–Kier alpha value is -2.12. The molecule has 0 aliphatic heterocycles. The van der Waals surface area contributed by atoms with Crippen LogP contribution in [0.1, 0.15) is 64.2 Å². The fraction of sp³-hybridized carbons (Fsp3) is 0.750. The molecular formula is C16H26O8. The van der Waals surface area contributed by atoms with Crippen LogP contribution in [0.5, 0.6) is 0 Å². The minimum absolute atomic E-state index is 0.135. The molecule has 0 radical (unpaired) electrons. The van der Waals surface area contributed by atoms with Gasteiger partial charge in [0.05, 0.1) is 0 Å². The first-order valence-corrected chi connectivity index (χ1v) is 8.18. The molecule has 0 aromatic carbocycles. The van der Waals surface area contributed by atoms with E-state index in [1.54, 1.807) is 0 Å². The van der Waals surface area contributed by atoms with Crippen molar-refractivity contribution in [3.05, 3.63) is 0 Å². The summed E-state index contributed by atoms with van der Waals surface area (Å²) >= 11 is 0. The predicted molar refractivity (Wildman–Crippen MR) is 83.7 cm³/mol. The zero-order valence-corrected chi connectivity index (χ0v) is 13.6. The lowest BCUT2D eigenvalue weighted by Crippen LogP contribution is -2.23. The third-order valence-corrected chi connectivity index (χ3v) is 3.93. The number of carboxylic acid groups (broad SMARTS) is 4. The molecule has 4 N–H and O–H groups in total. The molecule has 24 heavy (non-hydrogen) atoms. The number of hydrogen-bond donors (Lipinski definition) is 4. The van der Waals surface area contributed by atoms with Crippen LogP contribution in [0.2, 0.25) is 0 Å². The Kier molecular flexibility index (Phi) is 11.2. The summed E-state index contributed by atoms with van der Waals surface area (Å²) in [6, 6.07) is 0. The van der Waals surface area contributed by atoms with E-state index in [0.717, 1.165) is 38.5 Å². The van der Waals surface area contributed by atoms with Gasteiger partial charge in [0.1, 0.15) is 0 Å². The van der Waals surface area contributed by atoms with Crippen LogP contribution in [0.15, 0.2) is 0 Å². The maximum atomic E-state index is 10.7. The van der Waals surface area contributed by atoms with Crippen LogP contribution >= 0.6 is 0 Å². The molecule has 8 heteroatoms. The van der Waals surface area contributed by atoms with E-state index >= 15 is 0 Å². The monoisotopic (exact) mass is 346 g/mol. The van der Waals surface area contributed by atoms with Gasteiger partial charge in [0, 0.05) is 0 Å². The third kappa shape index (κ3) is 9.81. The van der Waals surface area contributed by atoms with Gasteiger partial charge in [-0.15, -0.1) is 0 Å². The highest BCUT2D eigenvalue weighted by molar-refractivity contribution is 5.93. The quantitative estimate of drug-likeness (QED) is 0.261. The van der Waals surface area contributed by atoms with E-state index in [0.29, 0.717) is 12.8 Å². The SMILES string of the molecule is O=C(O)C(CCCCCCCCCCC(C(=O)O)C(=O)O)C(=O)O. The first-order chi connectivity index (χ1) is 11.3. The number of unbranched alkanes of at least 4 members (excludes halogenated alkanes) is 7. The number of carboxylic acids is 4. The van der Waals surface area contributed by atoms with E-state index in [2.05, 4.69) is 0 Å². The van der Waals surface area contributed by atoms with Crippen molar-refractivity contribution in [2.75, 3.05) is 0 Å². The van der Waals surface area contributed by atoms with Crippen LogP contribution in [-0.2, 0) is 19.2 Å². The Morgan fingerprint density at radius 2 is 0.667 bits per heavy atom. The molecule has 0 bridgehead atoms. The van der Waals surface area contributed by atoms with Crippen molar-refractivity contribution >= 4 is 23.9 Å². The zero-order valence-electron chi connectivity index (χ0n) is 13.6. The van der Waals surface area contributed by atoms with Crippen LogP contribution in [-0.4, -0.2) is 44.3 Å².